The van der Waals surface area contributed by atoms with Crippen LogP contribution in [0, 0.1) is 35.5 Å². The maximum absolute atomic E-state index is 14.6. The summed E-state index contributed by atoms with van der Waals surface area (Å²) in [5, 5.41) is 36.2. The van der Waals surface area contributed by atoms with E-state index in [1.807, 2.05) is 82.3 Å². The number of benzene rings is 3. The van der Waals surface area contributed by atoms with Crippen LogP contribution in [0.5, 0.6) is 0 Å². The van der Waals surface area contributed by atoms with Gasteiger partial charge in [0, 0.05) is 43.5 Å². The molecule has 5 aliphatic rings. The maximum atomic E-state index is 14.6. The first-order valence-corrected chi connectivity index (χ1v) is 28.5. The molecular weight excluding hydrogens is 959 g/mol. The quantitative estimate of drug-likeness (QED) is 0.0663. The lowest BCUT2D eigenvalue weighted by molar-refractivity contribution is -0.336. The van der Waals surface area contributed by atoms with Crippen LogP contribution >= 0.6 is 11.8 Å². The molecule has 3 aromatic carbocycles. The molecule has 0 aromatic heterocycles. The van der Waals surface area contributed by atoms with Crippen LogP contribution in [0.25, 0.3) is 0 Å². The Labute approximate surface area is 444 Å². The van der Waals surface area contributed by atoms with E-state index in [2.05, 4.69) is 69.4 Å². The number of ether oxygens (including phenoxy) is 7. The first-order chi connectivity index (χ1) is 35.3. The molecule has 1 spiro atoms. The molecule has 1 amide bonds. The fourth-order valence-corrected chi connectivity index (χ4v) is 15.2. The Hall–Kier alpha value is -3.41. The highest BCUT2D eigenvalue weighted by atomic mass is 32.2. The van der Waals surface area contributed by atoms with Gasteiger partial charge < -0.3 is 53.8 Å². The van der Waals surface area contributed by atoms with E-state index in [9.17, 15) is 24.9 Å². The molecule has 18 atom stereocenters. The fraction of sp³-hybridized carbons (Fsp3) is 0.667. The number of hydrogen-bond donors (Lipinski definition) is 4. The molecule has 14 heteroatoms. The number of amides is 1. The number of esters is 1. The van der Waals surface area contributed by atoms with Gasteiger partial charge in [-0.3, -0.25) is 4.79 Å². The normalized spacial score (nSPS) is 37.0. The molecular formula is C60H85NO12S. The second-order valence-electron chi connectivity index (χ2n) is 22.9. The lowest BCUT2D eigenvalue weighted by atomic mass is 9.78. The Bertz CT molecular complexity index is 2220. The number of nitrogens with one attached hydrogen (secondary N) is 1. The van der Waals surface area contributed by atoms with Crippen molar-refractivity contribution in [2.24, 2.45) is 35.5 Å². The van der Waals surface area contributed by atoms with Crippen LogP contribution in [0.3, 0.4) is 0 Å². The maximum Gasteiger partial charge on any atom is 0.329 e. The van der Waals surface area contributed by atoms with Crippen molar-refractivity contribution >= 4 is 23.6 Å². The van der Waals surface area contributed by atoms with Crippen LogP contribution in [-0.2, 0) is 47.5 Å². The summed E-state index contributed by atoms with van der Waals surface area (Å²) in [6.45, 7) is 17.8. The Kier molecular flexibility index (Phi) is 17.9. The van der Waals surface area contributed by atoms with Crippen LogP contribution in [0.4, 0.5) is 0 Å². The third kappa shape index (κ3) is 11.0. The number of carbonyl (C=O) groups excluding carboxylic acids is 2. The first kappa shape index (κ1) is 56.8. The molecule has 0 bridgehead atoms. The Morgan fingerprint density at radius 3 is 2.01 bits per heavy atom. The van der Waals surface area contributed by atoms with Crippen molar-refractivity contribution in [1.29, 1.82) is 0 Å². The zero-order chi connectivity index (χ0) is 53.2. The smallest absolute Gasteiger partial charge is 0.329 e. The van der Waals surface area contributed by atoms with Crippen LogP contribution < -0.4 is 5.32 Å². The van der Waals surface area contributed by atoms with E-state index in [0.29, 0.717) is 19.3 Å². The standard InChI is InChI=1S/C60H85NO12S/c1-11-57(53-38(4)33-48(69-53)50-37(3)32-39(5)59(66,36-62)72-50)29-28-49(70-57)56(9)30-31-58(73-56)34-47(63)40(6)52(71-58)41(7)51(67-10)42(8)54(64)61-46(55(65)68-12-2)35-74-60(43-22-16-13-17-23-43,44-24-18-14-19-25-44)45-26-20-15-21-27-45/h13-27,37-42,46-53,62-63,66H,11-12,28-36H2,1-10H3,(H,61,64)/t37?,38?,39?,40?,41?,42?,46-,47?,48?,49?,50?,51?,52?,53?,56?,57?,58?,59?/m1/s1. The van der Waals surface area contributed by atoms with Gasteiger partial charge in [-0.15, -0.1) is 11.8 Å². The number of hydrogen-bond acceptors (Lipinski definition) is 13. The third-order valence-corrected chi connectivity index (χ3v) is 19.6. The van der Waals surface area contributed by atoms with Crippen molar-refractivity contribution in [2.45, 2.75) is 190 Å². The average molecular weight is 1040 g/mol. The monoisotopic (exact) mass is 1040 g/mol. The summed E-state index contributed by atoms with van der Waals surface area (Å²) in [5.41, 5.74) is 1.84. The predicted molar refractivity (Wildman–Crippen MR) is 285 cm³/mol. The fourth-order valence-electron chi connectivity index (χ4n) is 13.6. The lowest BCUT2D eigenvalue weighted by Crippen LogP contribution is -2.57. The molecule has 5 saturated heterocycles. The van der Waals surface area contributed by atoms with E-state index in [-0.39, 0.29) is 72.3 Å². The number of rotatable bonds is 19. The highest BCUT2D eigenvalue weighted by Gasteiger charge is 2.62. The van der Waals surface area contributed by atoms with Crippen LogP contribution in [0.1, 0.15) is 130 Å². The van der Waals surface area contributed by atoms with E-state index in [0.717, 1.165) is 48.8 Å². The average Bonchev–Trinajstić information content (AvgIpc) is 4.13. The van der Waals surface area contributed by atoms with E-state index >= 15 is 0 Å². The van der Waals surface area contributed by atoms with Crippen molar-refractivity contribution in [3.63, 3.8) is 0 Å². The van der Waals surface area contributed by atoms with Gasteiger partial charge in [-0.2, -0.15) is 0 Å². The Balaban J connectivity index is 0.954. The van der Waals surface area contributed by atoms with Gasteiger partial charge in [-0.25, -0.2) is 4.79 Å². The Morgan fingerprint density at radius 1 is 0.851 bits per heavy atom. The second-order valence-corrected chi connectivity index (χ2v) is 24.1. The minimum Gasteiger partial charge on any atom is -0.464 e. The van der Waals surface area contributed by atoms with Gasteiger partial charge in [0.05, 0.1) is 77.8 Å². The number of aliphatic hydroxyl groups is 3. The summed E-state index contributed by atoms with van der Waals surface area (Å²) in [6, 6.07) is 29.7. The number of aliphatic hydroxyl groups excluding tert-OH is 2. The summed E-state index contributed by atoms with van der Waals surface area (Å²) < 4.78 is 45.8. The molecule has 0 aliphatic carbocycles. The van der Waals surface area contributed by atoms with E-state index in [4.69, 9.17) is 33.2 Å². The number of methoxy groups -OCH3 is 1. The molecule has 5 aliphatic heterocycles. The lowest BCUT2D eigenvalue weighted by Gasteiger charge is -2.49. The van der Waals surface area contributed by atoms with Crippen LogP contribution in [0.15, 0.2) is 91.0 Å². The van der Waals surface area contributed by atoms with E-state index in [1.165, 1.54) is 0 Å². The van der Waals surface area contributed by atoms with E-state index < -0.39 is 70.4 Å². The summed E-state index contributed by atoms with van der Waals surface area (Å²) in [5.74, 6) is -4.64. The van der Waals surface area contributed by atoms with Gasteiger partial charge in [0.2, 0.25) is 5.91 Å². The molecule has 74 heavy (non-hydrogen) atoms. The third-order valence-electron chi connectivity index (χ3n) is 18.0. The molecule has 4 N–H and O–H groups in total. The first-order valence-electron chi connectivity index (χ1n) is 27.5. The molecule has 0 saturated carbocycles. The number of thioether (sulfide) groups is 1. The molecule has 0 radical (unpaired) electrons. The van der Waals surface area contributed by atoms with Gasteiger partial charge in [0.1, 0.15) is 6.04 Å². The van der Waals surface area contributed by atoms with Gasteiger partial charge in [0.25, 0.3) is 0 Å². The molecule has 8 rings (SSSR count). The predicted octanol–water partition coefficient (Wildman–Crippen LogP) is 8.96. The largest absolute Gasteiger partial charge is 0.464 e. The van der Waals surface area contributed by atoms with Gasteiger partial charge in [0.15, 0.2) is 11.6 Å². The zero-order valence-electron chi connectivity index (χ0n) is 45.4. The van der Waals surface area contributed by atoms with Crippen LogP contribution in [0.2, 0.25) is 0 Å². The van der Waals surface area contributed by atoms with Crippen molar-refractivity contribution in [3.05, 3.63) is 108 Å². The zero-order valence-corrected chi connectivity index (χ0v) is 46.3. The van der Waals surface area contributed by atoms with Gasteiger partial charge in [-0.05, 0) is 80.9 Å². The molecule has 17 unspecified atom stereocenters. The van der Waals surface area contributed by atoms with Crippen molar-refractivity contribution in [2.75, 3.05) is 26.1 Å². The summed E-state index contributed by atoms with van der Waals surface area (Å²) in [7, 11) is 1.59. The minimum atomic E-state index is -1.59. The molecule has 408 valence electrons. The highest BCUT2D eigenvalue weighted by molar-refractivity contribution is 8.00. The highest BCUT2D eigenvalue weighted by Crippen LogP contribution is 2.55. The van der Waals surface area contributed by atoms with Gasteiger partial charge >= 0.3 is 5.97 Å². The Morgan fingerprint density at radius 2 is 1.46 bits per heavy atom. The molecule has 5 heterocycles. The summed E-state index contributed by atoms with van der Waals surface area (Å²) in [4.78, 5) is 28.5. The summed E-state index contributed by atoms with van der Waals surface area (Å²) in [6.07, 6.45) is 2.32. The SMILES string of the molecule is CCOC(=O)[C@@H](CSC(c1ccccc1)(c1ccccc1)c1ccccc1)NC(=O)C(C)C(OC)C(C)C1OC2(CCC(C)(C3CCC(CC)(C4OC(C5OC(O)(CO)C(C)CC5C)CC4C)O3)O2)CC(O)C1C. The second kappa shape index (κ2) is 23.3. The summed E-state index contributed by atoms with van der Waals surface area (Å²) >= 11 is 1.58. The minimum absolute atomic E-state index is 0.148. The van der Waals surface area contributed by atoms with Crippen molar-refractivity contribution < 1.29 is 58.1 Å². The van der Waals surface area contributed by atoms with Crippen molar-refractivity contribution in [1.82, 2.24) is 5.32 Å². The molecule has 3 aromatic rings. The molecule has 13 nitrogen and oxygen atoms in total. The number of carbonyl (C=O) groups is 2. The molecule has 5 fully saturated rings. The van der Waals surface area contributed by atoms with E-state index in [1.54, 1.807) is 25.8 Å². The topological polar surface area (TPSA) is 171 Å². The van der Waals surface area contributed by atoms with Crippen molar-refractivity contribution in [3.8, 4) is 0 Å². The van der Waals surface area contributed by atoms with Gasteiger partial charge in [-0.1, -0.05) is 139 Å². The van der Waals surface area contributed by atoms with Crippen LogP contribution in [-0.4, -0.2) is 125 Å².